The number of rotatable bonds is 10. The molecule has 0 aromatic heterocycles. The molecule has 3 aromatic rings. The number of benzene rings is 3. The van der Waals surface area contributed by atoms with Gasteiger partial charge in [-0.1, -0.05) is 72.8 Å². The third-order valence-electron chi connectivity index (χ3n) is 5.52. The van der Waals surface area contributed by atoms with Crippen LogP contribution in [-0.4, -0.2) is 39.7 Å². The van der Waals surface area contributed by atoms with Gasteiger partial charge in [-0.05, 0) is 35.9 Å². The average Bonchev–Trinajstić information content (AvgIpc) is 2.84. The molecule has 1 unspecified atom stereocenters. The molecule has 0 saturated heterocycles. The van der Waals surface area contributed by atoms with E-state index in [1.54, 1.807) is 11.9 Å². The lowest BCUT2D eigenvalue weighted by atomic mass is 9.87. The number of anilines is 1. The van der Waals surface area contributed by atoms with Crippen molar-refractivity contribution in [1.29, 1.82) is 0 Å². The molecule has 3 N–H and O–H groups in total. The van der Waals surface area contributed by atoms with Crippen LogP contribution < -0.4 is 16.0 Å². The Hall–Kier alpha value is -2.99. The van der Waals surface area contributed by atoms with E-state index in [4.69, 9.17) is 10.5 Å². The van der Waals surface area contributed by atoms with Crippen molar-refractivity contribution in [2.75, 3.05) is 38.7 Å². The summed E-state index contributed by atoms with van der Waals surface area (Å²) in [6.45, 7) is 1.30. The van der Waals surface area contributed by atoms with E-state index in [2.05, 4.69) is 17.4 Å². The summed E-state index contributed by atoms with van der Waals surface area (Å²) in [5.41, 5.74) is 9.41. The van der Waals surface area contributed by atoms with Gasteiger partial charge in [-0.2, -0.15) is 0 Å². The SMILES string of the molecule is CNCC(CN)(COCc1ccccc1)C(=O)N(C)c1ccc(-c2ccccc2)cc1. The molecule has 0 fully saturated rings. The molecule has 1 atom stereocenters. The summed E-state index contributed by atoms with van der Waals surface area (Å²) in [7, 11) is 3.61. The van der Waals surface area contributed by atoms with Crippen LogP contribution in [0, 0.1) is 5.41 Å². The van der Waals surface area contributed by atoms with Gasteiger partial charge in [0.2, 0.25) is 5.91 Å². The minimum atomic E-state index is -0.851. The quantitative estimate of drug-likeness (QED) is 0.528. The van der Waals surface area contributed by atoms with Crippen molar-refractivity contribution < 1.29 is 9.53 Å². The van der Waals surface area contributed by atoms with Gasteiger partial charge < -0.3 is 20.7 Å². The Morgan fingerprint density at radius 1 is 0.935 bits per heavy atom. The van der Waals surface area contributed by atoms with Crippen LogP contribution in [0.2, 0.25) is 0 Å². The normalized spacial score (nSPS) is 12.9. The Balaban J connectivity index is 1.73. The second-order valence-electron chi connectivity index (χ2n) is 7.77. The number of nitrogens with two attached hydrogens (primary N) is 1. The summed E-state index contributed by atoms with van der Waals surface area (Å²) in [5, 5.41) is 3.12. The van der Waals surface area contributed by atoms with Crippen molar-refractivity contribution in [2.45, 2.75) is 6.61 Å². The summed E-state index contributed by atoms with van der Waals surface area (Å²) in [4.78, 5) is 15.2. The second-order valence-corrected chi connectivity index (χ2v) is 7.77. The number of amides is 1. The second kappa shape index (κ2) is 10.9. The summed E-state index contributed by atoms with van der Waals surface area (Å²) in [5.74, 6) is -0.0649. The van der Waals surface area contributed by atoms with Gasteiger partial charge in [-0.25, -0.2) is 0 Å². The van der Waals surface area contributed by atoms with Gasteiger partial charge in [0, 0.05) is 25.8 Å². The fraction of sp³-hybridized carbons (Fsp3) is 0.269. The molecule has 0 spiro atoms. The Kier molecular flexibility index (Phi) is 7.95. The lowest BCUT2D eigenvalue weighted by Crippen LogP contribution is -2.54. The average molecular weight is 418 g/mol. The summed E-state index contributed by atoms with van der Waals surface area (Å²) in [6, 6.07) is 28.1. The van der Waals surface area contributed by atoms with Crippen molar-refractivity contribution in [2.24, 2.45) is 11.1 Å². The minimum absolute atomic E-state index is 0.0649. The molecule has 3 rings (SSSR count). The van der Waals surface area contributed by atoms with Crippen molar-refractivity contribution in [3.8, 4) is 11.1 Å². The Bertz CT molecular complexity index is 945. The van der Waals surface area contributed by atoms with E-state index >= 15 is 0 Å². The van der Waals surface area contributed by atoms with Crippen LogP contribution in [-0.2, 0) is 16.1 Å². The predicted molar refractivity (Wildman–Crippen MR) is 127 cm³/mol. The largest absolute Gasteiger partial charge is 0.376 e. The lowest BCUT2D eigenvalue weighted by Gasteiger charge is -2.34. The Labute approximate surface area is 184 Å². The number of ether oxygens (including phenoxy) is 1. The maximum Gasteiger partial charge on any atom is 0.237 e. The van der Waals surface area contributed by atoms with E-state index in [-0.39, 0.29) is 19.1 Å². The highest BCUT2D eigenvalue weighted by Crippen LogP contribution is 2.26. The molecule has 0 heterocycles. The monoisotopic (exact) mass is 417 g/mol. The Morgan fingerprint density at radius 2 is 1.52 bits per heavy atom. The molecular weight excluding hydrogens is 386 g/mol. The van der Waals surface area contributed by atoms with E-state index in [0.717, 1.165) is 22.4 Å². The van der Waals surface area contributed by atoms with Crippen molar-refractivity contribution >= 4 is 11.6 Å². The fourth-order valence-electron chi connectivity index (χ4n) is 3.66. The molecule has 3 aromatic carbocycles. The van der Waals surface area contributed by atoms with E-state index in [9.17, 15) is 4.79 Å². The number of carbonyl (C=O) groups excluding carboxylic acids is 1. The third kappa shape index (κ3) is 5.58. The van der Waals surface area contributed by atoms with Gasteiger partial charge in [0.15, 0.2) is 0 Å². The first-order valence-electron chi connectivity index (χ1n) is 10.5. The summed E-state index contributed by atoms with van der Waals surface area (Å²) < 4.78 is 5.95. The molecule has 0 bridgehead atoms. The van der Waals surface area contributed by atoms with E-state index in [0.29, 0.717) is 13.2 Å². The Morgan fingerprint density at radius 3 is 2.10 bits per heavy atom. The van der Waals surface area contributed by atoms with E-state index < -0.39 is 5.41 Å². The number of nitrogens with one attached hydrogen (secondary N) is 1. The van der Waals surface area contributed by atoms with Crippen LogP contribution in [0.3, 0.4) is 0 Å². The molecule has 5 heteroatoms. The van der Waals surface area contributed by atoms with Gasteiger partial charge >= 0.3 is 0 Å². The van der Waals surface area contributed by atoms with Crippen LogP contribution in [0.15, 0.2) is 84.9 Å². The molecular formula is C26H31N3O2. The third-order valence-corrected chi connectivity index (χ3v) is 5.52. The maximum atomic E-state index is 13.5. The van der Waals surface area contributed by atoms with Crippen LogP contribution in [0.25, 0.3) is 11.1 Å². The molecule has 31 heavy (non-hydrogen) atoms. The summed E-state index contributed by atoms with van der Waals surface area (Å²) >= 11 is 0. The molecule has 5 nitrogen and oxygen atoms in total. The maximum absolute atomic E-state index is 13.5. The zero-order valence-corrected chi connectivity index (χ0v) is 18.3. The van der Waals surface area contributed by atoms with Crippen molar-refractivity contribution in [1.82, 2.24) is 5.32 Å². The smallest absolute Gasteiger partial charge is 0.237 e. The van der Waals surface area contributed by atoms with Crippen LogP contribution in [0.4, 0.5) is 5.69 Å². The van der Waals surface area contributed by atoms with Crippen LogP contribution in [0.1, 0.15) is 5.56 Å². The van der Waals surface area contributed by atoms with Gasteiger partial charge in [0.25, 0.3) is 0 Å². The van der Waals surface area contributed by atoms with Gasteiger partial charge in [-0.15, -0.1) is 0 Å². The fourth-order valence-corrected chi connectivity index (χ4v) is 3.66. The first-order valence-corrected chi connectivity index (χ1v) is 10.5. The molecule has 0 aliphatic carbocycles. The molecule has 0 aliphatic heterocycles. The first kappa shape index (κ1) is 22.7. The molecule has 1 amide bonds. The van der Waals surface area contributed by atoms with E-state index in [1.165, 1.54) is 0 Å². The van der Waals surface area contributed by atoms with Gasteiger partial charge in [-0.3, -0.25) is 4.79 Å². The number of nitrogens with zero attached hydrogens (tertiary/aromatic N) is 1. The lowest BCUT2D eigenvalue weighted by molar-refractivity contribution is -0.131. The highest BCUT2D eigenvalue weighted by atomic mass is 16.5. The van der Waals surface area contributed by atoms with Gasteiger partial charge in [0.05, 0.1) is 18.6 Å². The first-order chi connectivity index (χ1) is 15.1. The van der Waals surface area contributed by atoms with Gasteiger partial charge in [0.1, 0.15) is 0 Å². The zero-order valence-electron chi connectivity index (χ0n) is 18.3. The molecule has 0 radical (unpaired) electrons. The highest BCUT2D eigenvalue weighted by Gasteiger charge is 2.39. The number of hydrogen-bond acceptors (Lipinski definition) is 4. The number of carbonyl (C=O) groups is 1. The van der Waals surface area contributed by atoms with Crippen LogP contribution in [0.5, 0.6) is 0 Å². The highest BCUT2D eigenvalue weighted by molar-refractivity contribution is 5.98. The van der Waals surface area contributed by atoms with Crippen molar-refractivity contribution in [3.05, 3.63) is 90.5 Å². The van der Waals surface area contributed by atoms with E-state index in [1.807, 2.05) is 79.8 Å². The standard InChI is InChI=1S/C26H31N3O2/c1-28-19-26(18-27,20-31-17-21-9-5-3-6-10-21)25(30)29(2)24-15-13-23(14-16-24)22-11-7-4-8-12-22/h3-16,28H,17-20,27H2,1-2H3. The van der Waals surface area contributed by atoms with Crippen LogP contribution >= 0.6 is 0 Å². The molecule has 0 aliphatic rings. The molecule has 0 saturated carbocycles. The minimum Gasteiger partial charge on any atom is -0.376 e. The molecule has 162 valence electrons. The van der Waals surface area contributed by atoms with Crippen molar-refractivity contribution in [3.63, 3.8) is 0 Å². The number of hydrogen-bond donors (Lipinski definition) is 2. The topological polar surface area (TPSA) is 67.6 Å². The predicted octanol–water partition coefficient (Wildman–Crippen LogP) is 3.70. The zero-order chi connectivity index (χ0) is 22.1. The summed E-state index contributed by atoms with van der Waals surface area (Å²) in [6.07, 6.45) is 0.